The molecular weight excluding hydrogens is 380 g/mol. The molecule has 0 aliphatic rings. The van der Waals surface area contributed by atoms with Crippen molar-refractivity contribution in [3.05, 3.63) is 64.7 Å². The van der Waals surface area contributed by atoms with Crippen LogP contribution in [0, 0.1) is 0 Å². The lowest BCUT2D eigenvalue weighted by Crippen LogP contribution is -2.50. The molecule has 3 amide bonds. The fourth-order valence-corrected chi connectivity index (χ4v) is 2.42. The van der Waals surface area contributed by atoms with Gasteiger partial charge in [0.2, 0.25) is 0 Å². The zero-order chi connectivity index (χ0) is 20.9. The summed E-state index contributed by atoms with van der Waals surface area (Å²) in [6.07, 6.45) is -0.886. The highest BCUT2D eigenvalue weighted by molar-refractivity contribution is 6.30. The topological polar surface area (TPSA) is 84.5 Å². The molecule has 1 atom stereocenters. The van der Waals surface area contributed by atoms with Crippen molar-refractivity contribution in [2.75, 3.05) is 0 Å². The van der Waals surface area contributed by atoms with Crippen LogP contribution in [0.2, 0.25) is 5.02 Å². The van der Waals surface area contributed by atoms with Gasteiger partial charge in [-0.3, -0.25) is 14.9 Å². The summed E-state index contributed by atoms with van der Waals surface area (Å²) in [6.45, 7) is 6.96. The number of carbonyl (C=O) groups is 3. The van der Waals surface area contributed by atoms with E-state index in [1.165, 1.54) is 6.92 Å². The molecule has 6 nitrogen and oxygen atoms in total. The second-order valence-corrected chi connectivity index (χ2v) is 7.75. The average molecular weight is 403 g/mol. The molecular formula is C21H23ClN2O4. The highest BCUT2D eigenvalue weighted by Crippen LogP contribution is 2.18. The smallest absolute Gasteiger partial charge is 0.321 e. The summed E-state index contributed by atoms with van der Waals surface area (Å²) in [7, 11) is 0. The average Bonchev–Trinajstić information content (AvgIpc) is 2.60. The summed E-state index contributed by atoms with van der Waals surface area (Å²) in [5.74, 6) is -0.303. The van der Waals surface area contributed by atoms with Crippen LogP contribution < -0.4 is 15.4 Å². The fourth-order valence-electron chi connectivity index (χ4n) is 2.30. The van der Waals surface area contributed by atoms with Crippen LogP contribution in [0.5, 0.6) is 5.75 Å². The zero-order valence-electron chi connectivity index (χ0n) is 16.2. The predicted octanol–water partition coefficient (Wildman–Crippen LogP) is 3.96. The molecule has 2 aromatic rings. The molecule has 0 heterocycles. The van der Waals surface area contributed by atoms with Gasteiger partial charge in [0.1, 0.15) is 5.75 Å². The van der Waals surface area contributed by atoms with Gasteiger partial charge in [-0.25, -0.2) is 4.79 Å². The Hall–Kier alpha value is -2.86. The van der Waals surface area contributed by atoms with Crippen molar-refractivity contribution in [2.24, 2.45) is 0 Å². The van der Waals surface area contributed by atoms with Crippen molar-refractivity contribution in [2.45, 2.75) is 39.3 Å². The SMILES string of the molecule is C[C@@H](Oc1ccc(C(=O)c2ccc(Cl)cc2)cc1)C(=O)NC(=O)NC(C)(C)C. The Morgan fingerprint density at radius 2 is 1.43 bits per heavy atom. The molecule has 0 radical (unpaired) electrons. The number of halogens is 1. The first-order valence-electron chi connectivity index (χ1n) is 8.75. The molecule has 2 aromatic carbocycles. The van der Waals surface area contributed by atoms with Crippen LogP contribution >= 0.6 is 11.6 Å². The van der Waals surface area contributed by atoms with Gasteiger partial charge in [-0.2, -0.15) is 0 Å². The number of carbonyl (C=O) groups excluding carboxylic acids is 3. The quantitative estimate of drug-likeness (QED) is 0.741. The summed E-state index contributed by atoms with van der Waals surface area (Å²) in [5, 5.41) is 5.43. The monoisotopic (exact) mass is 402 g/mol. The van der Waals surface area contributed by atoms with E-state index in [1.807, 2.05) is 20.8 Å². The minimum absolute atomic E-state index is 0.146. The van der Waals surface area contributed by atoms with Crippen molar-refractivity contribution < 1.29 is 19.1 Å². The van der Waals surface area contributed by atoms with Crippen LogP contribution in [0.25, 0.3) is 0 Å². The Morgan fingerprint density at radius 3 is 1.93 bits per heavy atom. The predicted molar refractivity (Wildman–Crippen MR) is 108 cm³/mol. The maximum atomic E-state index is 12.4. The number of hydrogen-bond acceptors (Lipinski definition) is 4. The lowest BCUT2D eigenvalue weighted by Gasteiger charge is -2.21. The first kappa shape index (κ1) is 21.4. The second-order valence-electron chi connectivity index (χ2n) is 7.31. The molecule has 2 rings (SSSR count). The fraction of sp³-hybridized carbons (Fsp3) is 0.286. The molecule has 0 spiro atoms. The number of imide groups is 1. The molecule has 0 saturated carbocycles. The number of benzene rings is 2. The number of nitrogens with one attached hydrogen (secondary N) is 2. The number of ether oxygens (including phenoxy) is 1. The van der Waals surface area contributed by atoms with Gasteiger partial charge < -0.3 is 10.1 Å². The van der Waals surface area contributed by atoms with E-state index in [1.54, 1.807) is 48.5 Å². The van der Waals surface area contributed by atoms with E-state index >= 15 is 0 Å². The lowest BCUT2D eigenvalue weighted by molar-refractivity contribution is -0.126. The molecule has 7 heteroatoms. The van der Waals surface area contributed by atoms with E-state index in [2.05, 4.69) is 10.6 Å². The van der Waals surface area contributed by atoms with E-state index in [-0.39, 0.29) is 5.78 Å². The first-order valence-corrected chi connectivity index (χ1v) is 9.13. The first-order chi connectivity index (χ1) is 13.0. The van der Waals surface area contributed by atoms with Gasteiger partial charge >= 0.3 is 6.03 Å². The number of urea groups is 1. The van der Waals surface area contributed by atoms with Crippen molar-refractivity contribution in [3.63, 3.8) is 0 Å². The van der Waals surface area contributed by atoms with Gasteiger partial charge in [0.25, 0.3) is 5.91 Å². The molecule has 28 heavy (non-hydrogen) atoms. The van der Waals surface area contributed by atoms with E-state index < -0.39 is 23.6 Å². The zero-order valence-corrected chi connectivity index (χ0v) is 17.0. The molecule has 0 aromatic heterocycles. The summed E-state index contributed by atoms with van der Waals surface area (Å²) < 4.78 is 5.54. The molecule has 0 fully saturated rings. The molecule has 0 saturated heterocycles. The van der Waals surface area contributed by atoms with Gasteiger partial charge in [-0.15, -0.1) is 0 Å². The summed E-state index contributed by atoms with van der Waals surface area (Å²) in [4.78, 5) is 36.3. The Kier molecular flexibility index (Phi) is 6.80. The van der Waals surface area contributed by atoms with Gasteiger partial charge in [0.05, 0.1) is 0 Å². The van der Waals surface area contributed by atoms with Crippen molar-refractivity contribution in [1.82, 2.24) is 10.6 Å². The van der Waals surface area contributed by atoms with Crippen LogP contribution in [0.1, 0.15) is 43.6 Å². The van der Waals surface area contributed by atoms with E-state index in [0.29, 0.717) is 21.9 Å². The third-order valence-electron chi connectivity index (χ3n) is 3.63. The Morgan fingerprint density at radius 1 is 0.929 bits per heavy atom. The second kappa shape index (κ2) is 8.89. The minimum Gasteiger partial charge on any atom is -0.481 e. The standard InChI is InChI=1S/C21H23ClN2O4/c1-13(19(26)23-20(27)24-21(2,3)4)28-17-11-7-15(8-12-17)18(25)14-5-9-16(22)10-6-14/h5-13H,1-4H3,(H2,23,24,26,27)/t13-/m1/s1. The highest BCUT2D eigenvalue weighted by atomic mass is 35.5. The minimum atomic E-state index is -0.886. The van der Waals surface area contributed by atoms with E-state index in [9.17, 15) is 14.4 Å². The molecule has 148 valence electrons. The Labute approximate surface area is 169 Å². The lowest BCUT2D eigenvalue weighted by atomic mass is 10.0. The highest BCUT2D eigenvalue weighted by Gasteiger charge is 2.20. The van der Waals surface area contributed by atoms with Crippen LogP contribution in [-0.2, 0) is 4.79 Å². The number of rotatable bonds is 5. The van der Waals surface area contributed by atoms with Gasteiger partial charge in [-0.05, 0) is 76.2 Å². The molecule has 2 N–H and O–H groups in total. The van der Waals surface area contributed by atoms with E-state index in [4.69, 9.17) is 16.3 Å². The van der Waals surface area contributed by atoms with Crippen LogP contribution in [0.15, 0.2) is 48.5 Å². The molecule has 0 unspecified atom stereocenters. The number of hydrogen-bond donors (Lipinski definition) is 2. The maximum Gasteiger partial charge on any atom is 0.321 e. The van der Waals surface area contributed by atoms with Crippen molar-refractivity contribution in [3.8, 4) is 5.75 Å². The van der Waals surface area contributed by atoms with Crippen LogP contribution in [0.4, 0.5) is 4.79 Å². The van der Waals surface area contributed by atoms with Crippen LogP contribution in [0.3, 0.4) is 0 Å². The molecule has 0 aliphatic heterocycles. The number of ketones is 1. The largest absolute Gasteiger partial charge is 0.481 e. The van der Waals surface area contributed by atoms with Crippen molar-refractivity contribution in [1.29, 1.82) is 0 Å². The summed E-state index contributed by atoms with van der Waals surface area (Å²) >= 11 is 5.83. The summed E-state index contributed by atoms with van der Waals surface area (Å²) in [6, 6.07) is 12.5. The third-order valence-corrected chi connectivity index (χ3v) is 3.88. The summed E-state index contributed by atoms with van der Waals surface area (Å²) in [5.41, 5.74) is 0.549. The third kappa shape index (κ3) is 6.39. The molecule has 0 aliphatic carbocycles. The Balaban J connectivity index is 1.96. The van der Waals surface area contributed by atoms with Gasteiger partial charge in [0.15, 0.2) is 11.9 Å². The van der Waals surface area contributed by atoms with Gasteiger partial charge in [-0.1, -0.05) is 11.6 Å². The van der Waals surface area contributed by atoms with Crippen molar-refractivity contribution >= 4 is 29.3 Å². The Bertz CT molecular complexity index is 855. The maximum absolute atomic E-state index is 12.4. The molecule has 0 bridgehead atoms. The van der Waals surface area contributed by atoms with Crippen LogP contribution in [-0.4, -0.2) is 29.4 Å². The normalized spacial score (nSPS) is 12.0. The number of amides is 3. The van der Waals surface area contributed by atoms with Gasteiger partial charge in [0, 0.05) is 21.7 Å². The van der Waals surface area contributed by atoms with E-state index in [0.717, 1.165) is 0 Å².